The molecule has 0 saturated carbocycles. The quantitative estimate of drug-likeness (QED) is 0.736. The van der Waals surface area contributed by atoms with Crippen LogP contribution in [0.5, 0.6) is 5.75 Å². The van der Waals surface area contributed by atoms with Crippen LogP contribution in [0.3, 0.4) is 0 Å². The van der Waals surface area contributed by atoms with E-state index in [-0.39, 0.29) is 5.91 Å². The molecule has 0 saturated heterocycles. The molecule has 0 aliphatic rings. The van der Waals surface area contributed by atoms with Crippen molar-refractivity contribution in [3.05, 3.63) is 53.0 Å². The topological polar surface area (TPSA) is 68.5 Å². The third-order valence-corrected chi connectivity index (χ3v) is 4.34. The molecular weight excluding hydrogens is 328 g/mol. The van der Waals surface area contributed by atoms with Crippen molar-refractivity contribution in [2.75, 3.05) is 11.9 Å². The van der Waals surface area contributed by atoms with E-state index in [2.05, 4.69) is 15.4 Å². The van der Waals surface area contributed by atoms with E-state index in [1.165, 1.54) is 0 Å². The molecule has 136 valence electrons. The molecule has 0 spiro atoms. The van der Waals surface area contributed by atoms with Crippen LogP contribution < -0.4 is 10.1 Å². The van der Waals surface area contributed by atoms with Crippen LogP contribution in [0.4, 0.5) is 5.69 Å². The van der Waals surface area contributed by atoms with Crippen molar-refractivity contribution in [3.63, 3.8) is 0 Å². The summed E-state index contributed by atoms with van der Waals surface area (Å²) in [5.41, 5.74) is 5.61. The first-order valence-electron chi connectivity index (χ1n) is 8.83. The fourth-order valence-corrected chi connectivity index (χ4v) is 3.07. The Morgan fingerprint density at radius 3 is 2.62 bits per heavy atom. The maximum absolute atomic E-state index is 12.3. The Morgan fingerprint density at radius 1 is 1.19 bits per heavy atom. The molecule has 1 N–H and O–H groups in total. The number of carbonyl (C=O) groups excluding carboxylic acids is 1. The first kappa shape index (κ1) is 17.9. The van der Waals surface area contributed by atoms with Crippen molar-refractivity contribution in [2.45, 2.75) is 40.5 Å². The summed E-state index contributed by atoms with van der Waals surface area (Å²) in [5.74, 6) is 0.773. The molecule has 0 fully saturated rings. The number of benzene rings is 1. The second-order valence-corrected chi connectivity index (χ2v) is 6.32. The number of aryl methyl sites for hydroxylation is 3. The Hall–Kier alpha value is -2.89. The van der Waals surface area contributed by atoms with Gasteiger partial charge in [-0.05, 0) is 63.9 Å². The highest BCUT2D eigenvalue weighted by molar-refractivity contribution is 5.90. The van der Waals surface area contributed by atoms with Crippen molar-refractivity contribution >= 4 is 17.2 Å². The minimum absolute atomic E-state index is 0.0234. The Labute approximate surface area is 153 Å². The van der Waals surface area contributed by atoms with Crippen molar-refractivity contribution in [2.24, 2.45) is 0 Å². The van der Waals surface area contributed by atoms with Gasteiger partial charge in [0.15, 0.2) is 5.65 Å². The van der Waals surface area contributed by atoms with E-state index in [0.29, 0.717) is 19.4 Å². The fourth-order valence-electron chi connectivity index (χ4n) is 3.07. The SMILES string of the molecule is CCOc1ccc(NC(=O)CCc2c(C)nc3cc(C)nn3c2C)cc1. The van der Waals surface area contributed by atoms with Gasteiger partial charge in [-0.2, -0.15) is 5.10 Å². The molecule has 0 aliphatic carbocycles. The summed E-state index contributed by atoms with van der Waals surface area (Å²) in [6.07, 6.45) is 1.02. The van der Waals surface area contributed by atoms with Gasteiger partial charge in [-0.3, -0.25) is 4.79 Å². The van der Waals surface area contributed by atoms with Crippen LogP contribution in [0.2, 0.25) is 0 Å². The molecule has 0 radical (unpaired) electrons. The van der Waals surface area contributed by atoms with Crippen molar-refractivity contribution < 1.29 is 9.53 Å². The largest absolute Gasteiger partial charge is 0.494 e. The summed E-state index contributed by atoms with van der Waals surface area (Å²) in [5, 5.41) is 7.40. The summed E-state index contributed by atoms with van der Waals surface area (Å²) >= 11 is 0. The van der Waals surface area contributed by atoms with Crippen LogP contribution in [0.15, 0.2) is 30.3 Å². The van der Waals surface area contributed by atoms with E-state index in [0.717, 1.165) is 39.7 Å². The highest BCUT2D eigenvalue weighted by atomic mass is 16.5. The van der Waals surface area contributed by atoms with Gasteiger partial charge in [0.25, 0.3) is 0 Å². The van der Waals surface area contributed by atoms with Gasteiger partial charge in [0.2, 0.25) is 5.91 Å². The summed E-state index contributed by atoms with van der Waals surface area (Å²) in [6, 6.07) is 9.36. The highest BCUT2D eigenvalue weighted by Crippen LogP contribution is 2.18. The molecular formula is C20H24N4O2. The number of anilines is 1. The smallest absolute Gasteiger partial charge is 0.224 e. The minimum Gasteiger partial charge on any atom is -0.494 e. The zero-order valence-electron chi connectivity index (χ0n) is 15.7. The van der Waals surface area contributed by atoms with Gasteiger partial charge in [-0.15, -0.1) is 0 Å². The van der Waals surface area contributed by atoms with E-state index in [1.54, 1.807) is 0 Å². The molecule has 2 aromatic heterocycles. The lowest BCUT2D eigenvalue weighted by Gasteiger charge is -2.11. The zero-order valence-corrected chi connectivity index (χ0v) is 15.7. The molecule has 3 rings (SSSR count). The summed E-state index contributed by atoms with van der Waals surface area (Å²) in [4.78, 5) is 16.9. The molecule has 1 amide bonds. The van der Waals surface area contributed by atoms with Crippen LogP contribution in [-0.4, -0.2) is 27.1 Å². The molecule has 0 atom stereocenters. The number of amides is 1. The van der Waals surface area contributed by atoms with E-state index >= 15 is 0 Å². The third kappa shape index (κ3) is 3.85. The summed E-state index contributed by atoms with van der Waals surface area (Å²) in [7, 11) is 0. The molecule has 3 aromatic rings. The summed E-state index contributed by atoms with van der Waals surface area (Å²) in [6.45, 7) is 8.52. The van der Waals surface area contributed by atoms with E-state index in [1.807, 2.05) is 62.5 Å². The standard InChI is InChI=1S/C20H24N4O2/c1-5-26-17-8-6-16(7-9-17)22-20(25)11-10-18-14(3)21-19-12-13(2)23-24(19)15(18)4/h6-9,12H,5,10-11H2,1-4H3,(H,22,25). The number of rotatable bonds is 6. The highest BCUT2D eigenvalue weighted by Gasteiger charge is 2.13. The van der Waals surface area contributed by atoms with Gasteiger partial charge in [0, 0.05) is 29.6 Å². The fraction of sp³-hybridized carbons (Fsp3) is 0.350. The van der Waals surface area contributed by atoms with Crippen LogP contribution in [-0.2, 0) is 11.2 Å². The minimum atomic E-state index is -0.0234. The Bertz CT molecular complexity index is 929. The van der Waals surface area contributed by atoms with Gasteiger partial charge < -0.3 is 10.1 Å². The number of aromatic nitrogens is 3. The van der Waals surface area contributed by atoms with Gasteiger partial charge in [-0.1, -0.05) is 0 Å². The van der Waals surface area contributed by atoms with Crippen LogP contribution in [0, 0.1) is 20.8 Å². The van der Waals surface area contributed by atoms with Gasteiger partial charge in [0.05, 0.1) is 12.3 Å². The molecule has 26 heavy (non-hydrogen) atoms. The number of hydrogen-bond donors (Lipinski definition) is 1. The lowest BCUT2D eigenvalue weighted by molar-refractivity contribution is -0.116. The molecule has 0 unspecified atom stereocenters. The molecule has 6 nitrogen and oxygen atoms in total. The predicted octanol–water partition coefficient (Wildman–Crippen LogP) is 3.62. The monoisotopic (exact) mass is 352 g/mol. The van der Waals surface area contributed by atoms with Crippen LogP contribution in [0.25, 0.3) is 5.65 Å². The average Bonchev–Trinajstić information content (AvgIpc) is 2.97. The van der Waals surface area contributed by atoms with Gasteiger partial charge in [-0.25, -0.2) is 9.50 Å². The first-order chi connectivity index (χ1) is 12.5. The molecule has 0 bridgehead atoms. The number of nitrogens with zero attached hydrogens (tertiary/aromatic N) is 3. The van der Waals surface area contributed by atoms with Crippen LogP contribution in [0.1, 0.15) is 36.0 Å². The Kier molecular flexibility index (Phi) is 5.21. The number of nitrogens with one attached hydrogen (secondary N) is 1. The molecule has 6 heteroatoms. The second kappa shape index (κ2) is 7.56. The number of carbonyl (C=O) groups is 1. The van der Waals surface area contributed by atoms with E-state index < -0.39 is 0 Å². The van der Waals surface area contributed by atoms with Crippen LogP contribution >= 0.6 is 0 Å². The van der Waals surface area contributed by atoms with Crippen molar-refractivity contribution in [1.82, 2.24) is 14.6 Å². The maximum Gasteiger partial charge on any atom is 0.224 e. The van der Waals surface area contributed by atoms with Crippen molar-refractivity contribution in [1.29, 1.82) is 0 Å². The molecule has 1 aromatic carbocycles. The van der Waals surface area contributed by atoms with Gasteiger partial charge in [0.1, 0.15) is 5.75 Å². The number of fused-ring (bicyclic) bond motifs is 1. The predicted molar refractivity (Wildman–Crippen MR) is 102 cm³/mol. The third-order valence-electron chi connectivity index (χ3n) is 4.34. The summed E-state index contributed by atoms with van der Waals surface area (Å²) < 4.78 is 7.26. The first-order valence-corrected chi connectivity index (χ1v) is 8.83. The van der Waals surface area contributed by atoms with E-state index in [9.17, 15) is 4.79 Å². The lowest BCUT2D eigenvalue weighted by atomic mass is 10.1. The Morgan fingerprint density at radius 2 is 1.92 bits per heavy atom. The van der Waals surface area contributed by atoms with E-state index in [4.69, 9.17) is 4.74 Å². The Balaban J connectivity index is 1.66. The average molecular weight is 352 g/mol. The zero-order chi connectivity index (χ0) is 18.7. The number of hydrogen-bond acceptors (Lipinski definition) is 4. The molecule has 0 aliphatic heterocycles. The van der Waals surface area contributed by atoms with Crippen molar-refractivity contribution in [3.8, 4) is 5.75 Å². The molecule has 2 heterocycles. The maximum atomic E-state index is 12.3. The number of ether oxygens (including phenoxy) is 1. The lowest BCUT2D eigenvalue weighted by Crippen LogP contribution is -2.14. The second-order valence-electron chi connectivity index (χ2n) is 6.32. The normalized spacial score (nSPS) is 10.9. The van der Waals surface area contributed by atoms with Gasteiger partial charge >= 0.3 is 0 Å².